The fourth-order valence-corrected chi connectivity index (χ4v) is 2.31. The lowest BCUT2D eigenvalue weighted by molar-refractivity contribution is -0.115. The summed E-state index contributed by atoms with van der Waals surface area (Å²) in [6.07, 6.45) is 0. The third kappa shape index (κ3) is 4.84. The van der Waals surface area contributed by atoms with Gasteiger partial charge in [-0.1, -0.05) is 18.2 Å². The topological polar surface area (TPSA) is 68.8 Å². The van der Waals surface area contributed by atoms with E-state index in [9.17, 15) is 9.18 Å². The van der Waals surface area contributed by atoms with Crippen LogP contribution in [0.15, 0.2) is 36.4 Å². The highest BCUT2D eigenvalue weighted by Gasteiger charge is 2.14. The number of carbonyl (C=O) groups excluding carboxylic acids is 1. The van der Waals surface area contributed by atoms with Crippen molar-refractivity contribution >= 4 is 11.6 Å². The van der Waals surface area contributed by atoms with Gasteiger partial charge in [-0.15, -0.1) is 0 Å². The van der Waals surface area contributed by atoms with Crippen LogP contribution in [0.4, 0.5) is 10.1 Å². The molecule has 0 aliphatic rings. The minimum absolute atomic E-state index is 0.0327. The van der Waals surface area contributed by atoms with Crippen LogP contribution in [0.2, 0.25) is 0 Å². The summed E-state index contributed by atoms with van der Waals surface area (Å²) in [6.45, 7) is 0.292. The van der Waals surface area contributed by atoms with E-state index < -0.39 is 0 Å². The maximum Gasteiger partial charge on any atom is 0.238 e. The van der Waals surface area contributed by atoms with E-state index in [1.807, 2.05) is 0 Å². The third-order valence-corrected chi connectivity index (χ3v) is 3.51. The molecule has 7 heteroatoms. The second kappa shape index (κ2) is 8.89. The molecule has 0 bridgehead atoms. The van der Waals surface area contributed by atoms with Crippen molar-refractivity contribution < 1.29 is 23.4 Å². The number of carbonyl (C=O) groups is 1. The maximum absolute atomic E-state index is 13.5. The number of rotatable bonds is 8. The number of methoxy groups -OCH3 is 3. The summed E-state index contributed by atoms with van der Waals surface area (Å²) in [5.41, 5.74) is 1.01. The lowest BCUT2D eigenvalue weighted by Gasteiger charge is -2.14. The average Bonchev–Trinajstić information content (AvgIpc) is 2.62. The molecule has 0 aliphatic carbocycles. The van der Waals surface area contributed by atoms with E-state index in [4.69, 9.17) is 14.2 Å². The predicted molar refractivity (Wildman–Crippen MR) is 92.8 cm³/mol. The normalized spacial score (nSPS) is 10.2. The molecule has 0 radical (unpaired) electrons. The minimum Gasteiger partial charge on any atom is -0.493 e. The molecule has 0 heterocycles. The van der Waals surface area contributed by atoms with Crippen molar-refractivity contribution in [3.63, 3.8) is 0 Å². The molecule has 2 N–H and O–H groups in total. The molecule has 2 rings (SSSR count). The van der Waals surface area contributed by atoms with Gasteiger partial charge < -0.3 is 24.8 Å². The van der Waals surface area contributed by atoms with E-state index in [1.165, 1.54) is 27.4 Å². The van der Waals surface area contributed by atoms with Crippen LogP contribution in [-0.2, 0) is 11.3 Å². The monoisotopic (exact) mass is 348 g/mol. The molecule has 0 spiro atoms. The number of anilines is 1. The second-order valence-electron chi connectivity index (χ2n) is 5.16. The van der Waals surface area contributed by atoms with Crippen LogP contribution >= 0.6 is 0 Å². The Morgan fingerprint density at radius 3 is 2.24 bits per heavy atom. The number of halogens is 1. The van der Waals surface area contributed by atoms with Crippen molar-refractivity contribution in [1.29, 1.82) is 0 Å². The summed E-state index contributed by atoms with van der Waals surface area (Å²) in [5.74, 6) is 0.749. The Morgan fingerprint density at radius 2 is 1.68 bits per heavy atom. The summed E-state index contributed by atoms with van der Waals surface area (Å²) < 4.78 is 29.2. The van der Waals surface area contributed by atoms with Gasteiger partial charge in [0.25, 0.3) is 0 Å². The lowest BCUT2D eigenvalue weighted by Crippen LogP contribution is -2.28. The average molecular weight is 348 g/mol. The first-order valence-electron chi connectivity index (χ1n) is 7.63. The zero-order valence-electron chi connectivity index (χ0n) is 14.4. The smallest absolute Gasteiger partial charge is 0.238 e. The first kappa shape index (κ1) is 18.5. The molecule has 2 aromatic carbocycles. The van der Waals surface area contributed by atoms with Gasteiger partial charge in [0.1, 0.15) is 5.82 Å². The molecule has 2 aromatic rings. The Labute approximate surface area is 145 Å². The lowest BCUT2D eigenvalue weighted by atomic mass is 10.2. The molecular weight excluding hydrogens is 327 g/mol. The SMILES string of the molecule is COc1cc(NC(=O)CNCc2ccccc2F)cc(OC)c1OC. The molecule has 0 saturated heterocycles. The van der Waals surface area contributed by atoms with Gasteiger partial charge in [-0.05, 0) is 6.07 Å². The first-order chi connectivity index (χ1) is 12.1. The summed E-state index contributed by atoms with van der Waals surface area (Å²) in [5, 5.41) is 5.64. The molecule has 0 saturated carbocycles. The molecule has 0 unspecified atom stereocenters. The van der Waals surface area contributed by atoms with E-state index in [-0.39, 0.29) is 24.8 Å². The Hall–Kier alpha value is -2.80. The van der Waals surface area contributed by atoms with Crippen molar-refractivity contribution in [3.8, 4) is 17.2 Å². The molecular formula is C18H21FN2O4. The second-order valence-corrected chi connectivity index (χ2v) is 5.16. The Morgan fingerprint density at radius 1 is 1.04 bits per heavy atom. The standard InChI is InChI=1S/C18H21FN2O4/c1-23-15-8-13(9-16(24-2)18(15)25-3)21-17(22)11-20-10-12-6-4-5-7-14(12)19/h4-9,20H,10-11H2,1-3H3,(H,21,22). The van der Waals surface area contributed by atoms with E-state index in [0.717, 1.165) is 0 Å². The van der Waals surface area contributed by atoms with Crippen LogP contribution in [0.25, 0.3) is 0 Å². The fourth-order valence-electron chi connectivity index (χ4n) is 2.31. The third-order valence-electron chi connectivity index (χ3n) is 3.51. The van der Waals surface area contributed by atoms with Gasteiger partial charge in [0.15, 0.2) is 11.5 Å². The van der Waals surface area contributed by atoms with Gasteiger partial charge in [0, 0.05) is 29.9 Å². The highest BCUT2D eigenvalue weighted by molar-refractivity contribution is 5.93. The van der Waals surface area contributed by atoms with Crippen molar-refractivity contribution in [3.05, 3.63) is 47.8 Å². The zero-order valence-corrected chi connectivity index (χ0v) is 14.4. The van der Waals surface area contributed by atoms with E-state index in [1.54, 1.807) is 30.3 Å². The van der Waals surface area contributed by atoms with Gasteiger partial charge in [0.05, 0.1) is 27.9 Å². The fraction of sp³-hybridized carbons (Fsp3) is 0.278. The minimum atomic E-state index is -0.306. The Balaban J connectivity index is 1.97. The number of hydrogen-bond acceptors (Lipinski definition) is 5. The van der Waals surface area contributed by atoms with Crippen LogP contribution in [0.5, 0.6) is 17.2 Å². The van der Waals surface area contributed by atoms with Crippen LogP contribution < -0.4 is 24.8 Å². The van der Waals surface area contributed by atoms with Crippen molar-refractivity contribution in [1.82, 2.24) is 5.32 Å². The number of benzene rings is 2. The summed E-state index contributed by atoms with van der Waals surface area (Å²) in [7, 11) is 4.50. The highest BCUT2D eigenvalue weighted by Crippen LogP contribution is 2.39. The molecule has 25 heavy (non-hydrogen) atoms. The molecule has 0 aromatic heterocycles. The Kier molecular flexibility index (Phi) is 6.59. The highest BCUT2D eigenvalue weighted by atomic mass is 19.1. The molecule has 6 nitrogen and oxygen atoms in total. The van der Waals surface area contributed by atoms with Gasteiger partial charge in [-0.3, -0.25) is 4.79 Å². The molecule has 134 valence electrons. The van der Waals surface area contributed by atoms with Crippen LogP contribution in [0.1, 0.15) is 5.56 Å². The maximum atomic E-state index is 13.5. The zero-order chi connectivity index (χ0) is 18.2. The largest absolute Gasteiger partial charge is 0.493 e. The van der Waals surface area contributed by atoms with Crippen LogP contribution in [0.3, 0.4) is 0 Å². The van der Waals surface area contributed by atoms with Gasteiger partial charge in [-0.25, -0.2) is 4.39 Å². The van der Waals surface area contributed by atoms with Gasteiger partial charge in [-0.2, -0.15) is 0 Å². The summed E-state index contributed by atoms with van der Waals surface area (Å²) in [4.78, 5) is 12.1. The molecule has 0 atom stereocenters. The number of hydrogen-bond donors (Lipinski definition) is 2. The van der Waals surface area contributed by atoms with E-state index in [2.05, 4.69) is 10.6 Å². The number of amides is 1. The Bertz CT molecular complexity index is 712. The van der Waals surface area contributed by atoms with Gasteiger partial charge >= 0.3 is 0 Å². The summed E-state index contributed by atoms with van der Waals surface area (Å²) in [6, 6.07) is 9.69. The van der Waals surface area contributed by atoms with Crippen molar-refractivity contribution in [2.24, 2.45) is 0 Å². The summed E-state index contributed by atoms with van der Waals surface area (Å²) >= 11 is 0. The van der Waals surface area contributed by atoms with E-state index >= 15 is 0 Å². The van der Waals surface area contributed by atoms with Crippen LogP contribution in [0, 0.1) is 5.82 Å². The number of ether oxygens (including phenoxy) is 3. The van der Waals surface area contributed by atoms with Crippen LogP contribution in [-0.4, -0.2) is 33.8 Å². The quantitative estimate of drug-likeness (QED) is 0.767. The molecule has 1 amide bonds. The molecule has 0 fully saturated rings. The number of nitrogens with one attached hydrogen (secondary N) is 2. The van der Waals surface area contributed by atoms with Crippen molar-refractivity contribution in [2.45, 2.75) is 6.54 Å². The predicted octanol–water partition coefficient (Wildman–Crippen LogP) is 2.58. The van der Waals surface area contributed by atoms with E-state index in [0.29, 0.717) is 28.5 Å². The molecule has 0 aliphatic heterocycles. The first-order valence-corrected chi connectivity index (χ1v) is 7.63. The van der Waals surface area contributed by atoms with Crippen molar-refractivity contribution in [2.75, 3.05) is 33.2 Å². The van der Waals surface area contributed by atoms with Gasteiger partial charge in [0.2, 0.25) is 11.7 Å².